The lowest BCUT2D eigenvalue weighted by Gasteiger charge is -2.26. The Bertz CT molecular complexity index is 975. The zero-order valence-electron chi connectivity index (χ0n) is 17.0. The SMILES string of the molecule is C[C@H](Oc1ccc2c(c1)OCO2)C(=O)N(CCc1ccccc1)Cc1ccccc1. The number of ether oxygens (including phenoxy) is 3. The van der Waals surface area contributed by atoms with Crippen LogP contribution in [0.2, 0.25) is 0 Å². The van der Waals surface area contributed by atoms with E-state index in [1.165, 1.54) is 5.56 Å². The minimum absolute atomic E-state index is 0.0487. The summed E-state index contributed by atoms with van der Waals surface area (Å²) in [5.74, 6) is 1.86. The van der Waals surface area contributed by atoms with E-state index in [0.717, 1.165) is 12.0 Å². The van der Waals surface area contributed by atoms with Crippen molar-refractivity contribution in [2.24, 2.45) is 0 Å². The highest BCUT2D eigenvalue weighted by atomic mass is 16.7. The molecule has 0 radical (unpaired) electrons. The Labute approximate surface area is 176 Å². The quantitative estimate of drug-likeness (QED) is 0.557. The van der Waals surface area contributed by atoms with Gasteiger partial charge in [-0.1, -0.05) is 60.7 Å². The molecule has 0 N–H and O–H groups in total. The molecule has 3 aromatic rings. The van der Waals surface area contributed by atoms with Crippen molar-refractivity contribution in [2.75, 3.05) is 13.3 Å². The van der Waals surface area contributed by atoms with E-state index < -0.39 is 6.10 Å². The van der Waals surface area contributed by atoms with Gasteiger partial charge in [-0.05, 0) is 36.6 Å². The maximum absolute atomic E-state index is 13.3. The van der Waals surface area contributed by atoms with Crippen LogP contribution < -0.4 is 14.2 Å². The molecular weight excluding hydrogens is 378 g/mol. The molecule has 0 saturated carbocycles. The minimum atomic E-state index is -0.621. The van der Waals surface area contributed by atoms with Crippen molar-refractivity contribution >= 4 is 5.91 Å². The molecule has 0 aliphatic carbocycles. The number of nitrogens with zero attached hydrogens (tertiary/aromatic N) is 1. The first-order valence-electron chi connectivity index (χ1n) is 10.1. The Morgan fingerprint density at radius 2 is 1.60 bits per heavy atom. The van der Waals surface area contributed by atoms with Gasteiger partial charge >= 0.3 is 0 Å². The molecule has 0 saturated heterocycles. The van der Waals surface area contributed by atoms with Crippen molar-refractivity contribution in [3.63, 3.8) is 0 Å². The van der Waals surface area contributed by atoms with Gasteiger partial charge in [0.2, 0.25) is 6.79 Å². The first kappa shape index (κ1) is 19.8. The average molecular weight is 403 g/mol. The fourth-order valence-corrected chi connectivity index (χ4v) is 3.44. The molecule has 0 unspecified atom stereocenters. The molecule has 1 heterocycles. The van der Waals surface area contributed by atoms with Gasteiger partial charge in [0.1, 0.15) is 5.75 Å². The van der Waals surface area contributed by atoms with Crippen LogP contribution >= 0.6 is 0 Å². The first-order chi connectivity index (χ1) is 14.7. The molecule has 0 spiro atoms. The molecule has 154 valence electrons. The maximum atomic E-state index is 13.3. The van der Waals surface area contributed by atoms with Crippen molar-refractivity contribution in [1.29, 1.82) is 0 Å². The predicted octanol–water partition coefficient (Wildman–Crippen LogP) is 4.45. The van der Waals surface area contributed by atoms with Crippen molar-refractivity contribution in [3.05, 3.63) is 90.0 Å². The topological polar surface area (TPSA) is 48.0 Å². The van der Waals surface area contributed by atoms with Gasteiger partial charge in [0, 0.05) is 19.2 Å². The van der Waals surface area contributed by atoms with E-state index in [-0.39, 0.29) is 12.7 Å². The van der Waals surface area contributed by atoms with Gasteiger partial charge in [-0.2, -0.15) is 0 Å². The fourth-order valence-electron chi connectivity index (χ4n) is 3.44. The molecule has 5 nitrogen and oxygen atoms in total. The number of fused-ring (bicyclic) bond motifs is 1. The normalized spacial score (nSPS) is 13.0. The zero-order chi connectivity index (χ0) is 20.8. The lowest BCUT2D eigenvalue weighted by atomic mass is 10.1. The monoisotopic (exact) mass is 403 g/mol. The summed E-state index contributed by atoms with van der Waals surface area (Å²) in [4.78, 5) is 15.1. The second-order valence-corrected chi connectivity index (χ2v) is 7.26. The van der Waals surface area contributed by atoms with Crippen molar-refractivity contribution < 1.29 is 19.0 Å². The Hall–Kier alpha value is -3.47. The summed E-state index contributed by atoms with van der Waals surface area (Å²) in [5, 5.41) is 0. The molecule has 1 amide bonds. The van der Waals surface area contributed by atoms with E-state index in [0.29, 0.717) is 30.3 Å². The molecule has 0 fully saturated rings. The fraction of sp³-hybridized carbons (Fsp3) is 0.240. The number of rotatable bonds is 8. The van der Waals surface area contributed by atoms with Crippen LogP contribution in [0.1, 0.15) is 18.1 Å². The van der Waals surface area contributed by atoms with Crippen LogP contribution in [0.25, 0.3) is 0 Å². The molecular formula is C25H25NO4. The van der Waals surface area contributed by atoms with Crippen LogP contribution in [-0.2, 0) is 17.8 Å². The number of carbonyl (C=O) groups is 1. The van der Waals surface area contributed by atoms with E-state index >= 15 is 0 Å². The van der Waals surface area contributed by atoms with Gasteiger partial charge < -0.3 is 19.1 Å². The Morgan fingerprint density at radius 3 is 2.33 bits per heavy atom. The largest absolute Gasteiger partial charge is 0.481 e. The average Bonchev–Trinajstić information content (AvgIpc) is 3.25. The smallest absolute Gasteiger partial charge is 0.263 e. The van der Waals surface area contributed by atoms with Crippen LogP contribution in [0.3, 0.4) is 0 Å². The third kappa shape index (κ3) is 4.92. The highest BCUT2D eigenvalue weighted by Gasteiger charge is 2.23. The van der Waals surface area contributed by atoms with E-state index in [1.807, 2.05) is 53.4 Å². The molecule has 5 heteroatoms. The summed E-state index contributed by atoms with van der Waals surface area (Å²) < 4.78 is 16.7. The number of hydrogen-bond acceptors (Lipinski definition) is 4. The summed E-state index contributed by atoms with van der Waals surface area (Å²) >= 11 is 0. The van der Waals surface area contributed by atoms with E-state index in [4.69, 9.17) is 14.2 Å². The summed E-state index contributed by atoms with van der Waals surface area (Å²) in [6.07, 6.45) is 0.167. The van der Waals surface area contributed by atoms with Gasteiger partial charge in [0.15, 0.2) is 17.6 Å². The van der Waals surface area contributed by atoms with Gasteiger partial charge in [-0.25, -0.2) is 0 Å². The van der Waals surface area contributed by atoms with Crippen LogP contribution in [0.15, 0.2) is 78.9 Å². The summed E-state index contributed by atoms with van der Waals surface area (Å²) in [6.45, 7) is 3.15. The Morgan fingerprint density at radius 1 is 0.933 bits per heavy atom. The number of hydrogen-bond donors (Lipinski definition) is 0. The Balaban J connectivity index is 1.45. The standard InChI is InChI=1S/C25H25NO4/c1-19(30-22-12-13-23-24(16-22)29-18-28-23)25(27)26(17-21-10-6-3-7-11-21)15-14-20-8-4-2-5-9-20/h2-13,16,19H,14-15,17-18H2,1H3/t19-/m0/s1. The van der Waals surface area contributed by atoms with E-state index in [9.17, 15) is 4.79 Å². The number of benzene rings is 3. The van der Waals surface area contributed by atoms with Crippen LogP contribution in [0, 0.1) is 0 Å². The minimum Gasteiger partial charge on any atom is -0.481 e. The number of carbonyl (C=O) groups excluding carboxylic acids is 1. The lowest BCUT2D eigenvalue weighted by Crippen LogP contribution is -2.41. The molecule has 0 bridgehead atoms. The molecule has 1 aliphatic rings. The van der Waals surface area contributed by atoms with E-state index in [1.54, 1.807) is 25.1 Å². The highest BCUT2D eigenvalue weighted by Crippen LogP contribution is 2.35. The number of amides is 1. The predicted molar refractivity (Wildman–Crippen MR) is 115 cm³/mol. The second kappa shape index (κ2) is 9.35. The molecule has 4 rings (SSSR count). The summed E-state index contributed by atoms with van der Waals surface area (Å²) in [5.41, 5.74) is 2.29. The third-order valence-corrected chi connectivity index (χ3v) is 5.05. The molecule has 1 atom stereocenters. The van der Waals surface area contributed by atoms with E-state index in [2.05, 4.69) is 12.1 Å². The molecule has 30 heavy (non-hydrogen) atoms. The molecule has 1 aliphatic heterocycles. The lowest BCUT2D eigenvalue weighted by molar-refractivity contribution is -0.138. The van der Waals surface area contributed by atoms with Crippen LogP contribution in [0.4, 0.5) is 0 Å². The second-order valence-electron chi connectivity index (χ2n) is 7.26. The van der Waals surface area contributed by atoms with Gasteiger partial charge in [-0.3, -0.25) is 4.79 Å². The van der Waals surface area contributed by atoms with Crippen molar-refractivity contribution in [2.45, 2.75) is 26.0 Å². The van der Waals surface area contributed by atoms with Crippen LogP contribution in [0.5, 0.6) is 17.2 Å². The molecule has 0 aromatic heterocycles. The van der Waals surface area contributed by atoms with Gasteiger partial charge in [-0.15, -0.1) is 0 Å². The summed E-state index contributed by atoms with van der Waals surface area (Å²) in [7, 11) is 0. The van der Waals surface area contributed by atoms with Gasteiger partial charge in [0.25, 0.3) is 5.91 Å². The Kier molecular flexibility index (Phi) is 6.18. The summed E-state index contributed by atoms with van der Waals surface area (Å²) in [6, 6.07) is 25.6. The van der Waals surface area contributed by atoms with Crippen molar-refractivity contribution in [3.8, 4) is 17.2 Å². The van der Waals surface area contributed by atoms with Gasteiger partial charge in [0.05, 0.1) is 0 Å². The van der Waals surface area contributed by atoms with Crippen LogP contribution in [-0.4, -0.2) is 30.2 Å². The zero-order valence-corrected chi connectivity index (χ0v) is 17.0. The molecule has 3 aromatic carbocycles. The highest BCUT2D eigenvalue weighted by molar-refractivity contribution is 5.81. The van der Waals surface area contributed by atoms with Crippen molar-refractivity contribution in [1.82, 2.24) is 4.90 Å². The third-order valence-electron chi connectivity index (χ3n) is 5.05. The maximum Gasteiger partial charge on any atom is 0.263 e. The first-order valence-corrected chi connectivity index (χ1v) is 10.1.